The molecule has 2 saturated heterocycles. The van der Waals surface area contributed by atoms with Crippen molar-refractivity contribution in [1.29, 1.82) is 0 Å². The fourth-order valence-electron chi connectivity index (χ4n) is 6.41. The lowest BCUT2D eigenvalue weighted by molar-refractivity contribution is -0.141. The van der Waals surface area contributed by atoms with E-state index in [4.69, 9.17) is 19.4 Å². The molecule has 1 aromatic carbocycles. The maximum absolute atomic E-state index is 13.0. The smallest absolute Gasteiger partial charge is 0.408 e. The molecule has 14 heteroatoms. The molecule has 246 valence electrons. The first-order chi connectivity index (χ1) is 22.6. The van der Waals surface area contributed by atoms with Gasteiger partial charge in [-0.3, -0.25) is 9.58 Å². The number of fused-ring (bicyclic) bond motifs is 2. The van der Waals surface area contributed by atoms with Crippen LogP contribution in [0.2, 0.25) is 0 Å². The van der Waals surface area contributed by atoms with E-state index in [-0.39, 0.29) is 30.4 Å². The topological polar surface area (TPSA) is 120 Å². The molecule has 4 aromatic heterocycles. The van der Waals surface area contributed by atoms with E-state index in [1.165, 1.54) is 12.3 Å². The van der Waals surface area contributed by atoms with Crippen LogP contribution in [0, 0.1) is 0 Å². The molecule has 0 aliphatic carbocycles. The third-order valence-corrected chi connectivity index (χ3v) is 9.06. The van der Waals surface area contributed by atoms with Gasteiger partial charge in [-0.15, -0.1) is 0 Å². The van der Waals surface area contributed by atoms with Gasteiger partial charge >= 0.3 is 12.1 Å². The van der Waals surface area contributed by atoms with E-state index in [0.717, 1.165) is 60.7 Å². The van der Waals surface area contributed by atoms with Crippen molar-refractivity contribution in [2.24, 2.45) is 0 Å². The number of likely N-dealkylation sites (tertiary alicyclic amines) is 1. The normalized spacial score (nSPS) is 18.4. The molecule has 0 spiro atoms. The zero-order valence-electron chi connectivity index (χ0n) is 25.7. The number of pyridine rings is 2. The Morgan fingerprint density at radius 3 is 2.62 bits per heavy atom. The summed E-state index contributed by atoms with van der Waals surface area (Å²) >= 11 is 0. The number of carbonyl (C=O) groups is 1. The van der Waals surface area contributed by atoms with Crippen LogP contribution in [0.1, 0.15) is 65.7 Å². The van der Waals surface area contributed by atoms with Crippen molar-refractivity contribution in [3.05, 3.63) is 77.5 Å². The van der Waals surface area contributed by atoms with Crippen LogP contribution in [0.25, 0.3) is 22.1 Å². The standard InChI is InChI=1S/C33H34F3N7O4/c1-20(30-39-26-7-8-27(32(44)45)40-31(26)42(30)17-24-11-14-46-24)41-12-9-22(10-13-41)25-3-2-4-29(38-25)47-18-21-5-6-23-16-37-43(28(23)15-21)19-33(34,35)36/h2-8,15-16,20,22,24H,9-14,17-19H2,1H3,(H,44,45)/t20?,24-/m0/s1. The lowest BCUT2D eigenvalue weighted by Crippen LogP contribution is -2.37. The first kappa shape index (κ1) is 31.1. The number of hydrogen-bond donors (Lipinski definition) is 1. The van der Waals surface area contributed by atoms with Gasteiger partial charge in [-0.25, -0.2) is 19.7 Å². The molecule has 47 heavy (non-hydrogen) atoms. The fourth-order valence-corrected chi connectivity index (χ4v) is 6.41. The van der Waals surface area contributed by atoms with Crippen molar-refractivity contribution in [1.82, 2.24) is 34.2 Å². The fraction of sp³-hybridized carbons (Fsp3) is 0.424. The number of carboxylic acids is 1. The van der Waals surface area contributed by atoms with Crippen molar-refractivity contribution < 1.29 is 32.5 Å². The molecule has 0 saturated carbocycles. The first-order valence-corrected chi connectivity index (χ1v) is 15.7. The van der Waals surface area contributed by atoms with Crippen LogP contribution < -0.4 is 4.74 Å². The summed E-state index contributed by atoms with van der Waals surface area (Å²) in [4.78, 5) is 28.1. The Hall–Kier alpha value is -4.56. The van der Waals surface area contributed by atoms with Gasteiger partial charge in [0.25, 0.3) is 0 Å². The number of benzene rings is 1. The predicted octanol–water partition coefficient (Wildman–Crippen LogP) is 5.75. The van der Waals surface area contributed by atoms with Crippen LogP contribution in [-0.2, 0) is 24.4 Å². The molecule has 1 N–H and O–H groups in total. The summed E-state index contributed by atoms with van der Waals surface area (Å²) in [5, 5.41) is 14.0. The Balaban J connectivity index is 1.01. The number of carboxylic acid groups (broad SMARTS) is 1. The van der Waals surface area contributed by atoms with E-state index in [1.54, 1.807) is 24.3 Å². The molecule has 0 bridgehead atoms. The molecule has 11 nitrogen and oxygen atoms in total. The van der Waals surface area contributed by atoms with Gasteiger partial charge < -0.3 is 19.1 Å². The quantitative estimate of drug-likeness (QED) is 0.202. The molecule has 2 atom stereocenters. The predicted molar refractivity (Wildman–Crippen MR) is 165 cm³/mol. The van der Waals surface area contributed by atoms with E-state index in [2.05, 4.69) is 21.9 Å². The van der Waals surface area contributed by atoms with E-state index in [1.807, 2.05) is 22.8 Å². The highest BCUT2D eigenvalue weighted by Gasteiger charge is 2.31. The number of hydrogen-bond acceptors (Lipinski definition) is 8. The average molecular weight is 650 g/mol. The van der Waals surface area contributed by atoms with Crippen molar-refractivity contribution in [2.45, 2.75) is 70.1 Å². The van der Waals surface area contributed by atoms with E-state index in [0.29, 0.717) is 34.5 Å². The minimum absolute atomic E-state index is 0.0126. The van der Waals surface area contributed by atoms with Crippen LogP contribution in [0.5, 0.6) is 5.88 Å². The number of halogens is 3. The molecule has 7 rings (SSSR count). The summed E-state index contributed by atoms with van der Waals surface area (Å²) in [6.07, 6.45) is -0.173. The third-order valence-electron chi connectivity index (χ3n) is 9.06. The number of ether oxygens (including phenoxy) is 2. The summed E-state index contributed by atoms with van der Waals surface area (Å²) in [7, 11) is 0. The van der Waals surface area contributed by atoms with Gasteiger partial charge in [0.1, 0.15) is 24.5 Å². The zero-order chi connectivity index (χ0) is 32.7. The van der Waals surface area contributed by atoms with E-state index >= 15 is 0 Å². The lowest BCUT2D eigenvalue weighted by Gasteiger charge is -2.36. The highest BCUT2D eigenvalue weighted by Crippen LogP contribution is 2.33. The van der Waals surface area contributed by atoms with Crippen LogP contribution in [0.15, 0.2) is 54.7 Å². The van der Waals surface area contributed by atoms with E-state index < -0.39 is 18.7 Å². The van der Waals surface area contributed by atoms with Crippen LogP contribution >= 0.6 is 0 Å². The number of nitrogens with zero attached hydrogens (tertiary/aromatic N) is 7. The van der Waals surface area contributed by atoms with Gasteiger partial charge in [0.15, 0.2) is 11.3 Å². The summed E-state index contributed by atoms with van der Waals surface area (Å²) < 4.78 is 53.6. The first-order valence-electron chi connectivity index (χ1n) is 15.7. The third kappa shape index (κ3) is 6.65. The van der Waals surface area contributed by atoms with Gasteiger partial charge in [-0.05, 0) is 69.1 Å². The molecule has 2 fully saturated rings. The second kappa shape index (κ2) is 12.6. The number of aromatic carboxylic acids is 1. The maximum atomic E-state index is 13.0. The van der Waals surface area contributed by atoms with Gasteiger partial charge in [0.05, 0.1) is 30.4 Å². The SMILES string of the molecule is CC(c1nc2ccc(C(=O)O)nc2n1C[C@@H]1CCO1)N1CCC(c2cccc(OCc3ccc4cnn(CC(F)(F)F)c4c3)n2)CC1. The van der Waals surface area contributed by atoms with E-state index in [9.17, 15) is 23.1 Å². The van der Waals surface area contributed by atoms with Crippen molar-refractivity contribution in [3.63, 3.8) is 0 Å². The zero-order valence-corrected chi connectivity index (χ0v) is 25.7. The van der Waals surface area contributed by atoms with Gasteiger partial charge in [0.2, 0.25) is 5.88 Å². The summed E-state index contributed by atoms with van der Waals surface area (Å²) in [5.41, 5.74) is 3.28. The highest BCUT2D eigenvalue weighted by molar-refractivity contribution is 5.88. The number of imidazole rings is 1. The Kier molecular flexibility index (Phi) is 8.30. The molecule has 2 aliphatic rings. The van der Waals surface area contributed by atoms with Crippen LogP contribution in [-0.4, -0.2) is 77.3 Å². The van der Waals surface area contributed by atoms with Gasteiger partial charge in [0, 0.05) is 29.7 Å². The van der Waals surface area contributed by atoms with Gasteiger partial charge in [-0.1, -0.05) is 18.2 Å². The van der Waals surface area contributed by atoms with Crippen LogP contribution in [0.3, 0.4) is 0 Å². The monoisotopic (exact) mass is 649 g/mol. The summed E-state index contributed by atoms with van der Waals surface area (Å²) in [5.74, 6) is 0.463. The van der Waals surface area contributed by atoms with Gasteiger partial charge in [-0.2, -0.15) is 18.3 Å². The molecule has 5 aromatic rings. The maximum Gasteiger partial charge on any atom is 0.408 e. The highest BCUT2D eigenvalue weighted by atomic mass is 19.4. The summed E-state index contributed by atoms with van der Waals surface area (Å²) in [6, 6.07) is 14.1. The molecule has 1 unspecified atom stereocenters. The Labute approximate surface area is 267 Å². The Morgan fingerprint density at radius 2 is 1.89 bits per heavy atom. The second-order valence-electron chi connectivity index (χ2n) is 12.2. The van der Waals surface area contributed by atoms with Crippen LogP contribution in [0.4, 0.5) is 13.2 Å². The molecule has 0 amide bonds. The van der Waals surface area contributed by atoms with Crippen molar-refractivity contribution in [3.8, 4) is 5.88 Å². The second-order valence-corrected chi connectivity index (χ2v) is 12.2. The Morgan fingerprint density at radius 1 is 1.09 bits per heavy atom. The minimum Gasteiger partial charge on any atom is -0.477 e. The largest absolute Gasteiger partial charge is 0.477 e. The minimum atomic E-state index is -4.36. The summed E-state index contributed by atoms with van der Waals surface area (Å²) in [6.45, 7) is 4.07. The number of piperidine rings is 1. The average Bonchev–Trinajstić information content (AvgIpc) is 3.60. The molecule has 0 radical (unpaired) electrons. The lowest BCUT2D eigenvalue weighted by atomic mass is 9.92. The Bertz CT molecular complexity index is 1910. The number of alkyl halides is 3. The molecule has 6 heterocycles. The number of rotatable bonds is 10. The molecular formula is C33H34F3N7O4. The molecule has 2 aliphatic heterocycles. The molecular weight excluding hydrogens is 615 g/mol. The number of aromatic nitrogens is 6. The van der Waals surface area contributed by atoms with Crippen molar-refractivity contribution in [2.75, 3.05) is 19.7 Å². The van der Waals surface area contributed by atoms with Crippen molar-refractivity contribution >= 4 is 28.0 Å².